The lowest BCUT2D eigenvalue weighted by atomic mass is 10.4. The summed E-state index contributed by atoms with van der Waals surface area (Å²) in [5.41, 5.74) is -0.360. The number of rotatable bonds is 2. The Balaban J connectivity index is 2.96. The van der Waals surface area contributed by atoms with Gasteiger partial charge >= 0.3 is 5.69 Å². The molecule has 2 rings (SSSR count). The molecule has 0 fully saturated rings. The first kappa shape index (κ1) is 11.6. The lowest BCUT2D eigenvalue weighted by Crippen LogP contribution is -2.37. The number of aliphatic hydroxyl groups is 1. The average molecular weight is 238 g/mol. The maximum absolute atomic E-state index is 12.0. The largest absolute Gasteiger partial charge is 0.373 e. The van der Waals surface area contributed by atoms with Crippen LogP contribution in [0.3, 0.4) is 0 Å². The van der Waals surface area contributed by atoms with E-state index >= 15 is 0 Å². The molecule has 92 valence electrons. The molecule has 0 saturated heterocycles. The molecule has 0 aliphatic heterocycles. The second-order valence-corrected chi connectivity index (χ2v) is 3.92. The van der Waals surface area contributed by atoms with E-state index in [1.165, 1.54) is 22.5 Å². The summed E-state index contributed by atoms with van der Waals surface area (Å²) in [5.74, 6) is 0. The van der Waals surface area contributed by atoms with Crippen LogP contribution in [0.5, 0.6) is 0 Å². The van der Waals surface area contributed by atoms with Crippen molar-refractivity contribution in [2.24, 2.45) is 14.1 Å². The Morgan fingerprint density at radius 3 is 2.59 bits per heavy atom. The van der Waals surface area contributed by atoms with Crippen molar-refractivity contribution in [1.29, 1.82) is 0 Å². The van der Waals surface area contributed by atoms with Crippen LogP contribution >= 0.6 is 0 Å². The number of hydrogen-bond donors (Lipinski definition) is 1. The molecular formula is C10H14N4O3. The molecule has 2 aromatic heterocycles. The van der Waals surface area contributed by atoms with Crippen LogP contribution in [0.25, 0.3) is 11.2 Å². The Morgan fingerprint density at radius 2 is 2.00 bits per heavy atom. The Labute approximate surface area is 96.6 Å². The third-order valence-corrected chi connectivity index (χ3v) is 2.86. The molecule has 7 heteroatoms. The van der Waals surface area contributed by atoms with Crippen molar-refractivity contribution < 1.29 is 5.11 Å². The van der Waals surface area contributed by atoms with Crippen LogP contribution < -0.4 is 11.2 Å². The minimum absolute atomic E-state index is 0.240. The molecule has 1 atom stereocenters. The topological polar surface area (TPSA) is 82.1 Å². The second kappa shape index (κ2) is 3.85. The van der Waals surface area contributed by atoms with Gasteiger partial charge in [-0.3, -0.25) is 18.5 Å². The molecule has 0 radical (unpaired) electrons. The van der Waals surface area contributed by atoms with Crippen molar-refractivity contribution in [2.75, 3.05) is 0 Å². The van der Waals surface area contributed by atoms with Gasteiger partial charge in [0.1, 0.15) is 6.23 Å². The molecule has 0 aliphatic rings. The quantitative estimate of drug-likeness (QED) is 0.752. The molecule has 2 heterocycles. The molecule has 2 aromatic rings. The SMILES string of the molecule is CCC(O)n1cnc2c1c(=O)n(C)c(=O)n2C. The molecule has 0 spiro atoms. The number of fused-ring (bicyclic) bond motifs is 1. The van der Waals surface area contributed by atoms with Gasteiger partial charge in [-0.2, -0.15) is 0 Å². The highest BCUT2D eigenvalue weighted by Gasteiger charge is 2.16. The molecule has 0 bridgehead atoms. The van der Waals surface area contributed by atoms with Crippen LogP contribution in [0.4, 0.5) is 0 Å². The number of imidazole rings is 1. The van der Waals surface area contributed by atoms with Gasteiger partial charge in [0.2, 0.25) is 0 Å². The van der Waals surface area contributed by atoms with E-state index in [-0.39, 0.29) is 11.2 Å². The van der Waals surface area contributed by atoms with E-state index in [9.17, 15) is 14.7 Å². The van der Waals surface area contributed by atoms with Crippen molar-refractivity contribution in [3.63, 3.8) is 0 Å². The summed E-state index contributed by atoms with van der Waals surface area (Å²) < 4.78 is 3.68. The monoisotopic (exact) mass is 238 g/mol. The van der Waals surface area contributed by atoms with E-state index in [1.807, 2.05) is 0 Å². The third kappa shape index (κ3) is 1.50. The fraction of sp³-hybridized carbons (Fsp3) is 0.500. The molecular weight excluding hydrogens is 224 g/mol. The fourth-order valence-corrected chi connectivity index (χ4v) is 1.79. The van der Waals surface area contributed by atoms with Crippen LogP contribution in [-0.2, 0) is 14.1 Å². The Morgan fingerprint density at radius 1 is 1.35 bits per heavy atom. The van der Waals surface area contributed by atoms with Gasteiger partial charge in [0, 0.05) is 14.1 Å². The van der Waals surface area contributed by atoms with Crippen molar-refractivity contribution in [3.05, 3.63) is 27.2 Å². The van der Waals surface area contributed by atoms with Gasteiger partial charge in [-0.15, -0.1) is 0 Å². The minimum Gasteiger partial charge on any atom is -0.373 e. The second-order valence-electron chi connectivity index (χ2n) is 3.92. The summed E-state index contributed by atoms with van der Waals surface area (Å²) in [6.07, 6.45) is 1.02. The zero-order valence-corrected chi connectivity index (χ0v) is 9.91. The smallest absolute Gasteiger partial charge is 0.332 e. The number of nitrogens with zero attached hydrogens (tertiary/aromatic N) is 4. The van der Waals surface area contributed by atoms with Crippen LogP contribution in [0.15, 0.2) is 15.9 Å². The maximum Gasteiger partial charge on any atom is 0.332 e. The van der Waals surface area contributed by atoms with Crippen molar-refractivity contribution in [3.8, 4) is 0 Å². The van der Waals surface area contributed by atoms with Crippen molar-refractivity contribution >= 4 is 11.2 Å². The lowest BCUT2D eigenvalue weighted by molar-refractivity contribution is 0.104. The normalized spacial score (nSPS) is 13.2. The molecule has 0 amide bonds. The first-order chi connectivity index (χ1) is 7.99. The third-order valence-electron chi connectivity index (χ3n) is 2.86. The summed E-state index contributed by atoms with van der Waals surface area (Å²) in [4.78, 5) is 27.7. The number of hydrogen-bond acceptors (Lipinski definition) is 4. The standard InChI is InChI=1S/C10H14N4O3/c1-4-6(15)14-5-11-8-7(14)9(16)13(3)10(17)12(8)2/h5-6,15H,4H2,1-3H3. The summed E-state index contributed by atoms with van der Waals surface area (Å²) in [6, 6.07) is 0. The van der Waals surface area contributed by atoms with E-state index in [4.69, 9.17) is 0 Å². The number of aliphatic hydroxyl groups excluding tert-OH is 1. The maximum atomic E-state index is 12.0. The van der Waals surface area contributed by atoms with Gasteiger partial charge in [0.05, 0.1) is 6.33 Å². The summed E-state index contributed by atoms with van der Waals surface area (Å²) in [6.45, 7) is 1.79. The minimum atomic E-state index is -0.815. The van der Waals surface area contributed by atoms with Gasteiger partial charge in [-0.25, -0.2) is 9.78 Å². The summed E-state index contributed by atoms with van der Waals surface area (Å²) >= 11 is 0. The first-order valence-electron chi connectivity index (χ1n) is 5.29. The molecule has 0 aromatic carbocycles. The van der Waals surface area contributed by atoms with E-state index in [2.05, 4.69) is 4.98 Å². The fourth-order valence-electron chi connectivity index (χ4n) is 1.79. The highest BCUT2D eigenvalue weighted by atomic mass is 16.3. The van der Waals surface area contributed by atoms with Crippen LogP contribution in [0.2, 0.25) is 0 Å². The Hall–Kier alpha value is -1.89. The predicted molar refractivity (Wildman–Crippen MR) is 61.8 cm³/mol. The molecule has 7 nitrogen and oxygen atoms in total. The van der Waals surface area contributed by atoms with Gasteiger partial charge in [0.25, 0.3) is 5.56 Å². The van der Waals surface area contributed by atoms with E-state index in [0.29, 0.717) is 6.42 Å². The van der Waals surface area contributed by atoms with E-state index in [1.54, 1.807) is 14.0 Å². The van der Waals surface area contributed by atoms with Crippen LogP contribution in [0, 0.1) is 0 Å². The highest BCUT2D eigenvalue weighted by Crippen LogP contribution is 2.13. The van der Waals surface area contributed by atoms with Crippen LogP contribution in [-0.4, -0.2) is 23.8 Å². The zero-order valence-electron chi connectivity index (χ0n) is 9.91. The first-order valence-corrected chi connectivity index (χ1v) is 5.29. The zero-order chi connectivity index (χ0) is 12.7. The summed E-state index contributed by atoms with van der Waals surface area (Å²) in [7, 11) is 2.94. The molecule has 1 unspecified atom stereocenters. The average Bonchev–Trinajstić information content (AvgIpc) is 2.77. The molecule has 1 N–H and O–H groups in total. The van der Waals surface area contributed by atoms with Crippen molar-refractivity contribution in [2.45, 2.75) is 19.6 Å². The van der Waals surface area contributed by atoms with E-state index < -0.39 is 17.5 Å². The molecule has 0 aliphatic carbocycles. The molecule has 0 saturated carbocycles. The molecule has 17 heavy (non-hydrogen) atoms. The van der Waals surface area contributed by atoms with Gasteiger partial charge in [0.15, 0.2) is 11.2 Å². The predicted octanol–water partition coefficient (Wildman–Crippen LogP) is -0.665. The summed E-state index contributed by atoms with van der Waals surface area (Å²) in [5, 5.41) is 9.78. The van der Waals surface area contributed by atoms with Gasteiger partial charge in [-0.05, 0) is 6.42 Å². The number of aryl methyl sites for hydroxylation is 1. The lowest BCUT2D eigenvalue weighted by Gasteiger charge is -2.10. The van der Waals surface area contributed by atoms with Gasteiger partial charge < -0.3 is 5.11 Å². The Kier molecular flexibility index (Phi) is 2.62. The van der Waals surface area contributed by atoms with Gasteiger partial charge in [-0.1, -0.05) is 6.92 Å². The Bertz CT molecular complexity index is 679. The number of aromatic nitrogens is 4. The van der Waals surface area contributed by atoms with E-state index in [0.717, 1.165) is 4.57 Å². The van der Waals surface area contributed by atoms with Crippen LogP contribution in [0.1, 0.15) is 19.6 Å². The van der Waals surface area contributed by atoms with Crippen molar-refractivity contribution in [1.82, 2.24) is 18.7 Å². The highest BCUT2D eigenvalue weighted by molar-refractivity contribution is 5.70.